The smallest absolute Gasteiger partial charge is 0.265 e. The van der Waals surface area contributed by atoms with Crippen LogP contribution in [0.5, 0.6) is 0 Å². The van der Waals surface area contributed by atoms with Crippen molar-refractivity contribution in [3.05, 3.63) is 66.0 Å². The Morgan fingerprint density at radius 1 is 1.14 bits per heavy atom. The highest BCUT2D eigenvalue weighted by Crippen LogP contribution is 2.28. The molecule has 1 atom stereocenters. The van der Waals surface area contributed by atoms with Gasteiger partial charge in [0.2, 0.25) is 0 Å². The maximum absolute atomic E-state index is 12.3. The summed E-state index contributed by atoms with van der Waals surface area (Å²) in [7, 11) is 0. The minimum atomic E-state index is -0.0496. The van der Waals surface area contributed by atoms with Gasteiger partial charge in [0.25, 0.3) is 5.91 Å². The van der Waals surface area contributed by atoms with Crippen molar-refractivity contribution in [3.63, 3.8) is 0 Å². The largest absolute Gasteiger partial charge is 0.284 e. The molecule has 1 fully saturated rings. The number of carbonyl (C=O) groups is 1. The number of hydrogen-bond acceptors (Lipinski definition) is 3. The third-order valence-electron chi connectivity index (χ3n) is 3.85. The molecule has 2 aromatic rings. The summed E-state index contributed by atoms with van der Waals surface area (Å²) in [5.74, 6) is -0.0496. The maximum atomic E-state index is 12.3. The molecule has 1 aromatic heterocycles. The summed E-state index contributed by atoms with van der Waals surface area (Å²) in [5.41, 5.74) is 4.90. The average molecular weight is 281 g/mol. The van der Waals surface area contributed by atoms with Gasteiger partial charge in [0, 0.05) is 24.5 Å². The van der Waals surface area contributed by atoms with Gasteiger partial charge < -0.3 is 0 Å². The van der Waals surface area contributed by atoms with Gasteiger partial charge >= 0.3 is 0 Å². The van der Waals surface area contributed by atoms with Crippen LogP contribution in [0.25, 0.3) is 0 Å². The predicted molar refractivity (Wildman–Crippen MR) is 81.4 cm³/mol. The first-order valence-electron chi connectivity index (χ1n) is 7.37. The number of aromatic nitrogens is 1. The van der Waals surface area contributed by atoms with Gasteiger partial charge in [-0.25, -0.2) is 5.01 Å². The number of hydrogen-bond donors (Lipinski definition) is 1. The zero-order valence-corrected chi connectivity index (χ0v) is 11.9. The molecule has 0 radical (unpaired) electrons. The number of nitrogens with zero attached hydrogens (tertiary/aromatic N) is 2. The van der Waals surface area contributed by atoms with Crippen molar-refractivity contribution in [2.45, 2.75) is 25.3 Å². The standard InChI is InChI=1S/C17H19N3O/c21-17(14-7-2-1-3-8-14)19-20-12-5-4-10-16(20)15-9-6-11-18-13-15/h1-3,6-9,11,13,16H,4-5,10,12H2,(H,19,21). The van der Waals surface area contributed by atoms with E-state index < -0.39 is 0 Å². The van der Waals surface area contributed by atoms with Gasteiger partial charge in [-0.05, 0) is 36.6 Å². The summed E-state index contributed by atoms with van der Waals surface area (Å²) in [6.45, 7) is 0.873. The van der Waals surface area contributed by atoms with E-state index in [1.54, 1.807) is 6.20 Å². The first-order valence-corrected chi connectivity index (χ1v) is 7.37. The van der Waals surface area contributed by atoms with E-state index in [4.69, 9.17) is 0 Å². The number of nitrogens with one attached hydrogen (secondary N) is 1. The molecule has 1 aromatic carbocycles. The SMILES string of the molecule is O=C(NN1CCCCC1c1cccnc1)c1ccccc1. The molecular weight excluding hydrogens is 262 g/mol. The fourth-order valence-corrected chi connectivity index (χ4v) is 2.77. The highest BCUT2D eigenvalue weighted by atomic mass is 16.2. The van der Waals surface area contributed by atoms with Crippen molar-refractivity contribution in [2.75, 3.05) is 6.54 Å². The van der Waals surface area contributed by atoms with Crippen LogP contribution in [0.3, 0.4) is 0 Å². The molecule has 1 saturated heterocycles. The van der Waals surface area contributed by atoms with E-state index >= 15 is 0 Å². The molecule has 0 spiro atoms. The molecule has 2 heterocycles. The molecule has 3 rings (SSSR count). The summed E-state index contributed by atoms with van der Waals surface area (Å²) in [4.78, 5) is 16.5. The second-order valence-corrected chi connectivity index (χ2v) is 5.30. The zero-order valence-electron chi connectivity index (χ0n) is 11.9. The Bertz CT molecular complexity index is 585. The average Bonchev–Trinajstić information content (AvgIpc) is 2.57. The normalized spacial score (nSPS) is 19.1. The van der Waals surface area contributed by atoms with Gasteiger partial charge in [0.05, 0.1) is 6.04 Å². The van der Waals surface area contributed by atoms with Gasteiger partial charge in [0.1, 0.15) is 0 Å². The number of piperidine rings is 1. The lowest BCUT2D eigenvalue weighted by Gasteiger charge is -2.35. The Morgan fingerprint density at radius 3 is 2.76 bits per heavy atom. The minimum Gasteiger partial charge on any atom is -0.284 e. The third-order valence-corrected chi connectivity index (χ3v) is 3.85. The quantitative estimate of drug-likeness (QED) is 0.940. The predicted octanol–water partition coefficient (Wildman–Crippen LogP) is 2.95. The van der Waals surface area contributed by atoms with E-state index in [1.165, 1.54) is 6.42 Å². The Morgan fingerprint density at radius 2 is 2.00 bits per heavy atom. The maximum Gasteiger partial charge on any atom is 0.265 e. The van der Waals surface area contributed by atoms with Crippen LogP contribution in [-0.2, 0) is 0 Å². The molecule has 0 saturated carbocycles. The number of benzene rings is 1. The van der Waals surface area contributed by atoms with Gasteiger partial charge in [0.15, 0.2) is 0 Å². The van der Waals surface area contributed by atoms with Crippen LogP contribution in [-0.4, -0.2) is 22.4 Å². The minimum absolute atomic E-state index is 0.0496. The molecule has 1 N–H and O–H groups in total. The number of pyridine rings is 1. The monoisotopic (exact) mass is 281 g/mol. The summed E-state index contributed by atoms with van der Waals surface area (Å²) >= 11 is 0. The van der Waals surface area contributed by atoms with Crippen LogP contribution >= 0.6 is 0 Å². The lowest BCUT2D eigenvalue weighted by molar-refractivity contribution is 0.0570. The van der Waals surface area contributed by atoms with Crippen LogP contribution < -0.4 is 5.43 Å². The van der Waals surface area contributed by atoms with Crippen molar-refractivity contribution < 1.29 is 4.79 Å². The fraction of sp³-hybridized carbons (Fsp3) is 0.294. The zero-order chi connectivity index (χ0) is 14.5. The summed E-state index contributed by atoms with van der Waals surface area (Å²) in [5, 5.41) is 2.05. The number of rotatable bonds is 3. The van der Waals surface area contributed by atoms with Crippen molar-refractivity contribution in [2.24, 2.45) is 0 Å². The summed E-state index contributed by atoms with van der Waals surface area (Å²) < 4.78 is 0. The van der Waals surface area contributed by atoms with E-state index in [-0.39, 0.29) is 11.9 Å². The Labute approximate surface area is 124 Å². The van der Waals surface area contributed by atoms with Crippen molar-refractivity contribution in [3.8, 4) is 0 Å². The Hall–Kier alpha value is -2.20. The Kier molecular flexibility index (Phi) is 4.26. The van der Waals surface area contributed by atoms with E-state index in [2.05, 4.69) is 21.5 Å². The molecular formula is C17H19N3O. The molecule has 4 nitrogen and oxygen atoms in total. The number of amides is 1. The van der Waals surface area contributed by atoms with Crippen molar-refractivity contribution in [1.82, 2.24) is 15.4 Å². The molecule has 1 unspecified atom stereocenters. The first kappa shape index (κ1) is 13.8. The molecule has 0 aliphatic carbocycles. The van der Waals surface area contributed by atoms with Gasteiger partial charge in [-0.15, -0.1) is 0 Å². The summed E-state index contributed by atoms with van der Waals surface area (Å²) in [6, 6.07) is 13.6. The molecule has 1 aliphatic rings. The lowest BCUT2D eigenvalue weighted by atomic mass is 9.98. The van der Waals surface area contributed by atoms with Gasteiger partial charge in [-0.1, -0.05) is 30.7 Å². The van der Waals surface area contributed by atoms with Crippen LogP contribution in [0.1, 0.15) is 41.2 Å². The van der Waals surface area contributed by atoms with Gasteiger partial charge in [-0.2, -0.15) is 0 Å². The van der Waals surface area contributed by atoms with Crippen LogP contribution in [0, 0.1) is 0 Å². The van der Waals surface area contributed by atoms with E-state index in [1.807, 2.05) is 42.6 Å². The van der Waals surface area contributed by atoms with Gasteiger partial charge in [-0.3, -0.25) is 15.2 Å². The molecule has 1 amide bonds. The van der Waals surface area contributed by atoms with Crippen molar-refractivity contribution >= 4 is 5.91 Å². The second kappa shape index (κ2) is 6.50. The highest BCUT2D eigenvalue weighted by molar-refractivity contribution is 5.93. The summed E-state index contributed by atoms with van der Waals surface area (Å²) in [6.07, 6.45) is 6.99. The van der Waals surface area contributed by atoms with E-state index in [0.29, 0.717) is 5.56 Å². The molecule has 108 valence electrons. The molecule has 4 heteroatoms. The van der Waals surface area contributed by atoms with Crippen LogP contribution in [0.2, 0.25) is 0 Å². The van der Waals surface area contributed by atoms with Crippen LogP contribution in [0.15, 0.2) is 54.9 Å². The van der Waals surface area contributed by atoms with Crippen molar-refractivity contribution in [1.29, 1.82) is 0 Å². The molecule has 1 aliphatic heterocycles. The molecule has 0 bridgehead atoms. The lowest BCUT2D eigenvalue weighted by Crippen LogP contribution is -2.46. The fourth-order valence-electron chi connectivity index (χ4n) is 2.77. The number of hydrazine groups is 1. The Balaban J connectivity index is 1.75. The first-order chi connectivity index (χ1) is 10.3. The second-order valence-electron chi connectivity index (χ2n) is 5.30. The topological polar surface area (TPSA) is 45.2 Å². The third kappa shape index (κ3) is 3.28. The molecule has 21 heavy (non-hydrogen) atoms. The van der Waals surface area contributed by atoms with E-state index in [0.717, 1.165) is 24.9 Å². The van der Waals surface area contributed by atoms with E-state index in [9.17, 15) is 4.79 Å². The highest BCUT2D eigenvalue weighted by Gasteiger charge is 2.25. The number of carbonyl (C=O) groups excluding carboxylic acids is 1. The van der Waals surface area contributed by atoms with Crippen LogP contribution in [0.4, 0.5) is 0 Å².